The number of nitrogens with one attached hydrogen (secondary N) is 1. The molecule has 0 aliphatic carbocycles. The summed E-state index contributed by atoms with van der Waals surface area (Å²) >= 11 is 11.8. The van der Waals surface area contributed by atoms with E-state index in [0.29, 0.717) is 5.39 Å². The van der Waals surface area contributed by atoms with Crippen LogP contribution < -0.4 is 5.32 Å². The predicted octanol–water partition coefficient (Wildman–Crippen LogP) is 4.37. The van der Waals surface area contributed by atoms with Gasteiger partial charge in [0.25, 0.3) is 15.9 Å². The van der Waals surface area contributed by atoms with Crippen LogP contribution in [0.3, 0.4) is 0 Å². The molecule has 0 saturated carbocycles. The molecule has 0 radical (unpaired) electrons. The van der Waals surface area contributed by atoms with Gasteiger partial charge in [-0.2, -0.15) is 17.6 Å². The summed E-state index contributed by atoms with van der Waals surface area (Å²) in [6.45, 7) is 0. The number of aromatic nitrogens is 3. The maximum atomic E-state index is 14.0. The number of halogens is 3. The Morgan fingerprint density at radius 2 is 1.83 bits per heavy atom. The third-order valence-corrected chi connectivity index (χ3v) is 6.32. The fraction of sp³-hybridized carbons (Fsp3) is 0. The summed E-state index contributed by atoms with van der Waals surface area (Å²) in [5.74, 6) is -1.63. The molecule has 2 aromatic carbocycles. The number of hydrogen-bond acceptors (Lipinski definition) is 5. The lowest BCUT2D eigenvalue weighted by atomic mass is 10.2. The van der Waals surface area contributed by atoms with Crippen LogP contribution in [0.25, 0.3) is 10.9 Å². The van der Waals surface area contributed by atoms with E-state index in [-0.39, 0.29) is 31.8 Å². The van der Waals surface area contributed by atoms with Crippen molar-refractivity contribution in [3.63, 3.8) is 0 Å². The van der Waals surface area contributed by atoms with Gasteiger partial charge in [-0.25, -0.2) is 9.37 Å². The Balaban J connectivity index is 1.74. The van der Waals surface area contributed by atoms with Gasteiger partial charge in [-0.05, 0) is 30.3 Å². The monoisotopic (exact) mass is 464 g/mol. The number of rotatable bonds is 4. The van der Waals surface area contributed by atoms with E-state index in [1.54, 1.807) is 6.07 Å². The van der Waals surface area contributed by atoms with Crippen LogP contribution in [0.1, 0.15) is 10.4 Å². The van der Waals surface area contributed by atoms with Crippen molar-refractivity contribution in [1.82, 2.24) is 14.2 Å². The van der Waals surface area contributed by atoms with Crippen LogP contribution in [-0.2, 0) is 10.0 Å². The summed E-state index contributed by atoms with van der Waals surface area (Å²) in [6.07, 6.45) is 2.66. The summed E-state index contributed by atoms with van der Waals surface area (Å²) in [7, 11) is -4.06. The maximum Gasteiger partial charge on any atom is 0.283 e. The van der Waals surface area contributed by atoms with Crippen LogP contribution >= 0.6 is 23.2 Å². The van der Waals surface area contributed by atoms with Crippen molar-refractivity contribution >= 4 is 55.9 Å². The molecule has 152 valence electrons. The van der Waals surface area contributed by atoms with E-state index in [9.17, 15) is 17.6 Å². The number of benzene rings is 2. The lowest BCUT2D eigenvalue weighted by Crippen LogP contribution is -2.16. The molecule has 1 amide bonds. The summed E-state index contributed by atoms with van der Waals surface area (Å²) in [4.78, 5) is 16.4. The second-order valence-electron chi connectivity index (χ2n) is 6.13. The Morgan fingerprint density at radius 1 is 1.07 bits per heavy atom. The number of carbonyl (C=O) groups excluding carboxylic acids is 1. The Kier molecular flexibility index (Phi) is 5.19. The number of hydrogen-bond donors (Lipinski definition) is 1. The molecule has 1 N–H and O–H groups in total. The fourth-order valence-electron chi connectivity index (χ4n) is 2.78. The Hall–Kier alpha value is -3.01. The summed E-state index contributed by atoms with van der Waals surface area (Å²) in [5.41, 5.74) is -0.180. The molecule has 2 aromatic heterocycles. The molecule has 0 saturated heterocycles. The fourth-order valence-corrected chi connectivity index (χ4v) is 4.60. The number of anilines is 1. The van der Waals surface area contributed by atoms with Crippen molar-refractivity contribution in [2.24, 2.45) is 0 Å². The highest BCUT2D eigenvalue weighted by Gasteiger charge is 2.22. The highest BCUT2D eigenvalue weighted by Crippen LogP contribution is 2.25. The van der Waals surface area contributed by atoms with Gasteiger partial charge in [0.05, 0.1) is 27.2 Å². The summed E-state index contributed by atoms with van der Waals surface area (Å²) < 4.78 is 40.7. The van der Waals surface area contributed by atoms with Crippen LogP contribution in [0.4, 0.5) is 10.2 Å². The first-order chi connectivity index (χ1) is 14.3. The van der Waals surface area contributed by atoms with E-state index >= 15 is 0 Å². The minimum atomic E-state index is -4.06. The lowest BCUT2D eigenvalue weighted by molar-refractivity contribution is 0.102. The number of pyridine rings is 1. The largest absolute Gasteiger partial charge is 0.306 e. The zero-order chi connectivity index (χ0) is 21.5. The van der Waals surface area contributed by atoms with Crippen molar-refractivity contribution in [1.29, 1.82) is 0 Å². The molecule has 4 rings (SSSR count). The molecule has 4 aromatic rings. The average Bonchev–Trinajstić information content (AvgIpc) is 3.12. The Labute approximate surface area is 180 Å². The third-order valence-electron chi connectivity index (χ3n) is 4.17. The summed E-state index contributed by atoms with van der Waals surface area (Å²) in [6, 6.07) is 10.9. The van der Waals surface area contributed by atoms with Gasteiger partial charge < -0.3 is 5.32 Å². The van der Waals surface area contributed by atoms with Gasteiger partial charge in [0.1, 0.15) is 11.6 Å². The van der Waals surface area contributed by atoms with E-state index in [0.717, 1.165) is 10.2 Å². The molecule has 0 spiro atoms. The average molecular weight is 465 g/mol. The molecule has 2 heterocycles. The first-order valence-electron chi connectivity index (χ1n) is 8.37. The number of fused-ring (bicyclic) bond motifs is 1. The van der Waals surface area contributed by atoms with Crippen LogP contribution in [0.5, 0.6) is 0 Å². The second kappa shape index (κ2) is 7.67. The molecule has 11 heteroatoms. The molecule has 30 heavy (non-hydrogen) atoms. The summed E-state index contributed by atoms with van der Waals surface area (Å²) in [5, 5.41) is 6.95. The first kappa shape index (κ1) is 20.3. The van der Waals surface area contributed by atoms with Gasteiger partial charge >= 0.3 is 0 Å². The number of nitrogens with zero attached hydrogens (tertiary/aromatic N) is 3. The van der Waals surface area contributed by atoms with E-state index < -0.39 is 21.7 Å². The first-order valence-corrected chi connectivity index (χ1v) is 10.6. The molecular formula is C19H11Cl2FN4O3S. The molecule has 0 fully saturated rings. The van der Waals surface area contributed by atoms with Crippen LogP contribution in [0.2, 0.25) is 10.0 Å². The SMILES string of the molecule is O=C(Nc1cc2c(cn1)cnn2S(=O)(=O)c1cccc(Cl)c1)c1c(F)cccc1Cl. The van der Waals surface area contributed by atoms with Crippen LogP contribution in [0, 0.1) is 5.82 Å². The van der Waals surface area contributed by atoms with Gasteiger partial charge in [-0.1, -0.05) is 35.3 Å². The van der Waals surface area contributed by atoms with Gasteiger partial charge in [-0.3, -0.25) is 4.79 Å². The van der Waals surface area contributed by atoms with Crippen molar-refractivity contribution in [2.45, 2.75) is 4.90 Å². The highest BCUT2D eigenvalue weighted by molar-refractivity contribution is 7.90. The van der Waals surface area contributed by atoms with Crippen LogP contribution in [0.15, 0.2) is 65.8 Å². The van der Waals surface area contributed by atoms with E-state index in [2.05, 4.69) is 15.4 Å². The second-order valence-corrected chi connectivity index (χ2v) is 8.74. The predicted molar refractivity (Wildman–Crippen MR) is 111 cm³/mol. The Bertz CT molecular complexity index is 1390. The van der Waals surface area contributed by atoms with Crippen molar-refractivity contribution in [2.75, 3.05) is 5.32 Å². The van der Waals surface area contributed by atoms with Gasteiger partial charge in [-0.15, -0.1) is 0 Å². The Morgan fingerprint density at radius 3 is 2.57 bits per heavy atom. The van der Waals surface area contributed by atoms with Crippen molar-refractivity contribution in [3.8, 4) is 0 Å². The zero-order valence-electron chi connectivity index (χ0n) is 14.9. The van der Waals surface area contributed by atoms with Gasteiger partial charge in [0, 0.05) is 22.7 Å². The molecule has 0 unspecified atom stereocenters. The molecule has 0 bridgehead atoms. The van der Waals surface area contributed by atoms with Crippen molar-refractivity contribution in [3.05, 3.63) is 82.4 Å². The topological polar surface area (TPSA) is 93.9 Å². The molecule has 0 atom stereocenters. The quantitative estimate of drug-likeness (QED) is 0.483. The normalized spacial score (nSPS) is 11.6. The van der Waals surface area contributed by atoms with E-state index in [4.69, 9.17) is 23.2 Å². The van der Waals surface area contributed by atoms with Crippen LogP contribution in [-0.4, -0.2) is 28.5 Å². The van der Waals surface area contributed by atoms with E-state index in [1.165, 1.54) is 48.8 Å². The van der Waals surface area contributed by atoms with Gasteiger partial charge in [0.15, 0.2) is 0 Å². The minimum absolute atomic E-state index is 0.00476. The highest BCUT2D eigenvalue weighted by atomic mass is 35.5. The maximum absolute atomic E-state index is 14.0. The zero-order valence-corrected chi connectivity index (χ0v) is 17.2. The van der Waals surface area contributed by atoms with Crippen molar-refractivity contribution < 1.29 is 17.6 Å². The third kappa shape index (κ3) is 3.62. The standard InChI is InChI=1S/C19H11Cl2FN4O3S/c20-12-3-1-4-13(7-12)30(28,29)26-16-8-17(23-9-11(16)10-24-26)25-19(27)18-14(21)5-2-6-15(18)22/h1-10H,(H,23,25,27). The molecule has 7 nitrogen and oxygen atoms in total. The lowest BCUT2D eigenvalue weighted by Gasteiger charge is -2.09. The molecular weight excluding hydrogens is 454 g/mol. The smallest absolute Gasteiger partial charge is 0.283 e. The molecule has 0 aliphatic rings. The number of amides is 1. The minimum Gasteiger partial charge on any atom is -0.306 e. The molecule has 0 aliphatic heterocycles. The number of carbonyl (C=O) groups is 1. The van der Waals surface area contributed by atoms with E-state index in [1.807, 2.05) is 0 Å². The van der Waals surface area contributed by atoms with Gasteiger partial charge in [0.2, 0.25) is 0 Å².